The summed E-state index contributed by atoms with van der Waals surface area (Å²) in [6, 6.07) is 12.2. The van der Waals surface area contributed by atoms with Crippen LogP contribution in [0.25, 0.3) is 16.7 Å². The molecule has 2 aromatic rings. The van der Waals surface area contributed by atoms with Crippen LogP contribution < -0.4 is 4.74 Å². The van der Waals surface area contributed by atoms with E-state index < -0.39 is 12.3 Å². The van der Waals surface area contributed by atoms with Crippen molar-refractivity contribution in [1.82, 2.24) is 0 Å². The molecule has 0 heterocycles. The summed E-state index contributed by atoms with van der Waals surface area (Å²) < 4.78 is 40.3. The highest BCUT2D eigenvalue weighted by Crippen LogP contribution is 2.27. The number of rotatable bonds is 5. The molecule has 0 aliphatic heterocycles. The molecule has 2 aromatic carbocycles. The molecule has 0 saturated heterocycles. The van der Waals surface area contributed by atoms with Crippen molar-refractivity contribution in [2.24, 2.45) is 0 Å². The van der Waals surface area contributed by atoms with Gasteiger partial charge in [0.2, 0.25) is 0 Å². The number of carboxylic acids is 1. The number of benzene rings is 2. The van der Waals surface area contributed by atoms with Gasteiger partial charge in [-0.2, -0.15) is 0 Å². The van der Waals surface area contributed by atoms with Crippen LogP contribution in [0.4, 0.5) is 13.2 Å². The molecule has 25 heavy (non-hydrogen) atoms. The van der Waals surface area contributed by atoms with E-state index in [0.29, 0.717) is 11.1 Å². The Balaban J connectivity index is 2.23. The Kier molecular flexibility index (Phi) is 5.64. The molecule has 0 atom stereocenters. The first kappa shape index (κ1) is 18.3. The smallest absolute Gasteiger partial charge is 0.478 e. The number of hydrogen-bond acceptors (Lipinski definition) is 2. The van der Waals surface area contributed by atoms with Crippen LogP contribution in [0.15, 0.2) is 66.8 Å². The Labute approximate surface area is 142 Å². The number of halogens is 3. The Bertz CT molecular complexity index is 786. The normalized spacial score (nSPS) is 12.4. The Morgan fingerprint density at radius 1 is 1.00 bits per heavy atom. The quantitative estimate of drug-likeness (QED) is 0.589. The van der Waals surface area contributed by atoms with E-state index in [4.69, 9.17) is 0 Å². The van der Waals surface area contributed by atoms with Crippen molar-refractivity contribution in [3.63, 3.8) is 0 Å². The highest BCUT2D eigenvalue weighted by atomic mass is 19.4. The van der Waals surface area contributed by atoms with Crippen LogP contribution in [0.1, 0.15) is 12.5 Å². The van der Waals surface area contributed by atoms with Crippen LogP contribution in [-0.4, -0.2) is 17.4 Å². The van der Waals surface area contributed by atoms with Crippen molar-refractivity contribution < 1.29 is 27.8 Å². The van der Waals surface area contributed by atoms with Gasteiger partial charge in [0, 0.05) is 0 Å². The van der Waals surface area contributed by atoms with Gasteiger partial charge < -0.3 is 9.84 Å². The Morgan fingerprint density at radius 3 is 1.96 bits per heavy atom. The van der Waals surface area contributed by atoms with E-state index in [9.17, 15) is 23.1 Å². The van der Waals surface area contributed by atoms with E-state index in [1.807, 2.05) is 0 Å². The number of ether oxygens (including phenoxy) is 1. The van der Waals surface area contributed by atoms with Crippen LogP contribution >= 0.6 is 0 Å². The second kappa shape index (κ2) is 7.70. The summed E-state index contributed by atoms with van der Waals surface area (Å²) >= 11 is 0. The fourth-order valence-electron chi connectivity index (χ4n) is 2.17. The number of alkyl halides is 3. The molecule has 0 unspecified atom stereocenters. The zero-order chi connectivity index (χ0) is 18.4. The largest absolute Gasteiger partial charge is 0.573 e. The molecule has 0 aromatic heterocycles. The Morgan fingerprint density at radius 2 is 1.52 bits per heavy atom. The fraction of sp³-hybridized carbons (Fsp3) is 0.105. The van der Waals surface area contributed by atoms with Gasteiger partial charge in [-0.1, -0.05) is 48.6 Å². The first-order valence-electron chi connectivity index (χ1n) is 7.33. The monoisotopic (exact) mass is 348 g/mol. The van der Waals surface area contributed by atoms with Gasteiger partial charge in [0.05, 0.1) is 5.57 Å². The summed E-state index contributed by atoms with van der Waals surface area (Å²) in [6.07, 6.45) is 0.134. The molecule has 0 radical (unpaired) electrons. The molecule has 130 valence electrons. The van der Waals surface area contributed by atoms with Crippen LogP contribution in [0.3, 0.4) is 0 Å². The number of aliphatic carboxylic acids is 1. The standard InChI is InChI=1S/C19H15F3O3/c1-2-3-4-17(18(23)24)15-7-5-13(6-8-15)14-9-11-16(12-10-14)25-19(20,21)22/h2-12H,1H3,(H,23,24)/b3-2+,17-4+. The third-order valence-electron chi connectivity index (χ3n) is 3.30. The lowest BCUT2D eigenvalue weighted by Gasteiger charge is -2.10. The maximum Gasteiger partial charge on any atom is 0.573 e. The van der Waals surface area contributed by atoms with E-state index in [1.54, 1.807) is 43.3 Å². The van der Waals surface area contributed by atoms with E-state index in [0.717, 1.165) is 5.56 Å². The number of carbonyl (C=O) groups is 1. The van der Waals surface area contributed by atoms with E-state index in [2.05, 4.69) is 4.74 Å². The molecule has 0 aliphatic rings. The molecule has 3 nitrogen and oxygen atoms in total. The molecule has 0 saturated carbocycles. The minimum Gasteiger partial charge on any atom is -0.478 e. The van der Waals surface area contributed by atoms with Gasteiger partial charge >= 0.3 is 12.3 Å². The summed E-state index contributed by atoms with van der Waals surface area (Å²) in [6.45, 7) is 1.78. The first-order chi connectivity index (χ1) is 11.8. The second-order valence-electron chi connectivity index (χ2n) is 5.06. The second-order valence-corrected chi connectivity index (χ2v) is 5.06. The molecular weight excluding hydrogens is 333 g/mol. The van der Waals surface area contributed by atoms with E-state index >= 15 is 0 Å². The lowest BCUT2D eigenvalue weighted by Crippen LogP contribution is -2.16. The van der Waals surface area contributed by atoms with Crippen molar-refractivity contribution in [1.29, 1.82) is 0 Å². The van der Waals surface area contributed by atoms with Crippen LogP contribution in [0.5, 0.6) is 5.75 Å². The maximum atomic E-state index is 12.2. The molecule has 0 spiro atoms. The van der Waals surface area contributed by atoms with E-state index in [1.165, 1.54) is 30.3 Å². The summed E-state index contributed by atoms with van der Waals surface area (Å²) in [5.41, 5.74) is 2.12. The SMILES string of the molecule is C/C=C/C=C(/C(=O)O)c1ccc(-c2ccc(OC(F)(F)F)cc2)cc1. The number of hydrogen-bond donors (Lipinski definition) is 1. The van der Waals surface area contributed by atoms with Crippen molar-refractivity contribution in [2.45, 2.75) is 13.3 Å². The molecule has 2 rings (SSSR count). The average molecular weight is 348 g/mol. The Hall–Kier alpha value is -3.02. The lowest BCUT2D eigenvalue weighted by atomic mass is 10.00. The van der Waals surface area contributed by atoms with Crippen molar-refractivity contribution in [3.05, 3.63) is 72.3 Å². The third-order valence-corrected chi connectivity index (χ3v) is 3.30. The fourth-order valence-corrected chi connectivity index (χ4v) is 2.17. The van der Waals surface area contributed by atoms with Gasteiger partial charge in [0.1, 0.15) is 5.75 Å². The number of allylic oxidation sites excluding steroid dienone is 3. The zero-order valence-corrected chi connectivity index (χ0v) is 13.2. The van der Waals surface area contributed by atoms with Crippen LogP contribution in [-0.2, 0) is 4.79 Å². The highest BCUT2D eigenvalue weighted by molar-refractivity contribution is 6.15. The molecule has 0 bridgehead atoms. The molecule has 1 N–H and O–H groups in total. The predicted molar refractivity (Wildman–Crippen MR) is 89.0 cm³/mol. The average Bonchev–Trinajstić information content (AvgIpc) is 2.55. The van der Waals surface area contributed by atoms with Gasteiger partial charge in [-0.05, 0) is 41.8 Å². The molecule has 0 aliphatic carbocycles. The molecular formula is C19H15F3O3. The molecule has 0 fully saturated rings. The summed E-state index contributed by atoms with van der Waals surface area (Å²) in [7, 11) is 0. The number of carboxylic acid groups (broad SMARTS) is 1. The maximum absolute atomic E-state index is 12.2. The van der Waals surface area contributed by atoms with Crippen LogP contribution in [0, 0.1) is 0 Å². The van der Waals surface area contributed by atoms with Crippen molar-refractivity contribution in [2.75, 3.05) is 0 Å². The zero-order valence-electron chi connectivity index (χ0n) is 13.2. The molecule has 0 amide bonds. The highest BCUT2D eigenvalue weighted by Gasteiger charge is 2.30. The topological polar surface area (TPSA) is 46.5 Å². The van der Waals surface area contributed by atoms with Gasteiger partial charge in [0.15, 0.2) is 0 Å². The lowest BCUT2D eigenvalue weighted by molar-refractivity contribution is -0.274. The van der Waals surface area contributed by atoms with Crippen molar-refractivity contribution in [3.8, 4) is 16.9 Å². The minimum absolute atomic E-state index is 0.151. The van der Waals surface area contributed by atoms with Crippen molar-refractivity contribution >= 4 is 11.5 Å². The minimum atomic E-state index is -4.73. The summed E-state index contributed by atoms with van der Waals surface area (Å²) in [4.78, 5) is 11.3. The van der Waals surface area contributed by atoms with Gasteiger partial charge in [-0.25, -0.2) is 4.79 Å². The third kappa shape index (κ3) is 5.24. The van der Waals surface area contributed by atoms with Gasteiger partial charge in [-0.15, -0.1) is 13.2 Å². The van der Waals surface area contributed by atoms with Gasteiger partial charge in [0.25, 0.3) is 0 Å². The predicted octanol–water partition coefficient (Wildman–Crippen LogP) is 5.30. The summed E-state index contributed by atoms with van der Waals surface area (Å²) in [5.74, 6) is -1.34. The first-order valence-corrected chi connectivity index (χ1v) is 7.33. The summed E-state index contributed by atoms with van der Waals surface area (Å²) in [5, 5.41) is 9.26. The molecule has 6 heteroatoms. The van der Waals surface area contributed by atoms with E-state index in [-0.39, 0.29) is 11.3 Å². The van der Waals surface area contributed by atoms with Crippen LogP contribution in [0.2, 0.25) is 0 Å². The van der Waals surface area contributed by atoms with Gasteiger partial charge in [-0.3, -0.25) is 0 Å².